The Kier molecular flexibility index (Phi) is 9.25. The lowest BCUT2D eigenvalue weighted by Gasteiger charge is -2.27. The van der Waals surface area contributed by atoms with Crippen LogP contribution >= 0.6 is 0 Å². The molecule has 0 radical (unpaired) electrons. The van der Waals surface area contributed by atoms with Crippen LogP contribution in [0.15, 0.2) is 107 Å². The molecule has 0 aliphatic rings. The first-order valence-electron chi connectivity index (χ1n) is 12.9. The van der Waals surface area contributed by atoms with E-state index >= 15 is 0 Å². The van der Waals surface area contributed by atoms with Gasteiger partial charge in [0.2, 0.25) is 10.0 Å². The lowest BCUT2D eigenvalue weighted by Crippen LogP contribution is -2.45. The summed E-state index contributed by atoms with van der Waals surface area (Å²) in [7, 11) is -7.29. The normalized spacial score (nSPS) is 12.9. The third-order valence-corrected chi connectivity index (χ3v) is 9.16. The number of carboxylic acid groups (broad SMARTS) is 1. The van der Waals surface area contributed by atoms with E-state index in [9.17, 15) is 26.7 Å². The van der Waals surface area contributed by atoms with Gasteiger partial charge in [-0.1, -0.05) is 91.0 Å². The monoisotopic (exact) mass is 605 g/mol. The molecule has 0 amide bonds. The topological polar surface area (TPSA) is 147 Å². The molecule has 0 spiro atoms. The number of carboxylic acids is 1. The van der Waals surface area contributed by atoms with Crippen molar-refractivity contribution in [2.24, 2.45) is 10.9 Å². The number of sulfonamides is 1. The fourth-order valence-corrected chi connectivity index (χ4v) is 6.66. The maximum Gasteiger partial charge on any atom is 0.322 e. The van der Waals surface area contributed by atoms with Crippen LogP contribution in [0, 0.1) is 0 Å². The molecule has 1 unspecified atom stereocenters. The van der Waals surface area contributed by atoms with Gasteiger partial charge in [0.25, 0.3) is 0 Å². The second kappa shape index (κ2) is 12.7. The maximum atomic E-state index is 12.8. The molecule has 11 heteroatoms. The number of hydrogen-bond donors (Lipinski definition) is 2. The van der Waals surface area contributed by atoms with Crippen molar-refractivity contribution in [1.29, 1.82) is 0 Å². The Morgan fingerprint density at radius 3 is 2.00 bits per heavy atom. The van der Waals surface area contributed by atoms with Gasteiger partial charge in [0, 0.05) is 18.4 Å². The highest BCUT2D eigenvalue weighted by atomic mass is 32.2. The molecule has 4 aromatic carbocycles. The number of sulfone groups is 1. The number of carbonyl (C=O) groups is 1. The van der Waals surface area contributed by atoms with Crippen LogP contribution in [-0.4, -0.2) is 57.0 Å². The summed E-state index contributed by atoms with van der Waals surface area (Å²) >= 11 is 0. The zero-order chi connectivity index (χ0) is 30.5. The number of hydrogen-bond acceptors (Lipinski definition) is 7. The molecule has 42 heavy (non-hydrogen) atoms. The number of nitrogens with two attached hydrogens (primary N) is 1. The second-order valence-corrected chi connectivity index (χ2v) is 13.9. The fraction of sp³-hybridized carbons (Fsp3) is 0.161. The van der Waals surface area contributed by atoms with Crippen molar-refractivity contribution in [3.05, 3.63) is 114 Å². The summed E-state index contributed by atoms with van der Waals surface area (Å²) in [4.78, 5) is 12.5. The van der Waals surface area contributed by atoms with Gasteiger partial charge in [-0.25, -0.2) is 16.8 Å². The molecule has 0 aliphatic heterocycles. The molecular formula is C31H31N3O6S2. The first-order valence-corrected chi connectivity index (χ1v) is 16.6. The Bertz CT molecular complexity index is 1820. The van der Waals surface area contributed by atoms with E-state index in [1.54, 1.807) is 60.7 Å². The summed E-state index contributed by atoms with van der Waals surface area (Å²) in [5, 5.41) is 13.5. The predicted molar refractivity (Wildman–Crippen MR) is 164 cm³/mol. The first kappa shape index (κ1) is 30.6. The summed E-state index contributed by atoms with van der Waals surface area (Å²) in [5.74, 6) is 3.96. The molecule has 0 aliphatic carbocycles. The number of benzene rings is 4. The van der Waals surface area contributed by atoms with E-state index in [1.807, 2.05) is 36.4 Å². The maximum absolute atomic E-state index is 12.8. The molecule has 0 heterocycles. The van der Waals surface area contributed by atoms with Crippen molar-refractivity contribution in [1.82, 2.24) is 4.31 Å². The smallest absolute Gasteiger partial charge is 0.322 e. The lowest BCUT2D eigenvalue weighted by atomic mass is 9.99. The van der Waals surface area contributed by atoms with Crippen LogP contribution in [0.1, 0.15) is 16.7 Å². The van der Waals surface area contributed by atoms with Gasteiger partial charge in [0.15, 0.2) is 9.84 Å². The van der Waals surface area contributed by atoms with Crippen LogP contribution in [0.5, 0.6) is 0 Å². The standard InChI is InChI=1S/C31H31N3O6S2/c1-41(37,38)30-9-4-3-8-28(30)27-16-14-26(15-17-27)25-12-10-22(11-13-25)21-34(42(2,39)40)29(31(35)36)19-23-6-5-7-24(18-23)20-33-32/h3-18,20,29H,19,21,32H2,1-2H3,(H,35,36)/b33-20+. The molecule has 9 nitrogen and oxygen atoms in total. The van der Waals surface area contributed by atoms with E-state index < -0.39 is 31.9 Å². The molecule has 0 fully saturated rings. The van der Waals surface area contributed by atoms with E-state index in [0.717, 1.165) is 27.3 Å². The van der Waals surface area contributed by atoms with E-state index in [-0.39, 0.29) is 17.9 Å². The Balaban J connectivity index is 1.56. The molecule has 218 valence electrons. The summed E-state index contributed by atoms with van der Waals surface area (Å²) in [6.45, 7) is -0.124. The minimum atomic E-state index is -3.89. The van der Waals surface area contributed by atoms with Crippen molar-refractivity contribution in [2.75, 3.05) is 12.5 Å². The van der Waals surface area contributed by atoms with Gasteiger partial charge in [-0.3, -0.25) is 4.79 Å². The number of aliphatic carboxylic acids is 1. The molecular weight excluding hydrogens is 574 g/mol. The largest absolute Gasteiger partial charge is 0.480 e. The average molecular weight is 606 g/mol. The highest BCUT2D eigenvalue weighted by molar-refractivity contribution is 7.90. The van der Waals surface area contributed by atoms with Gasteiger partial charge >= 0.3 is 5.97 Å². The van der Waals surface area contributed by atoms with Crippen LogP contribution in [-0.2, 0) is 37.6 Å². The summed E-state index contributed by atoms with van der Waals surface area (Å²) in [6, 6.07) is 27.1. The van der Waals surface area contributed by atoms with Crippen LogP contribution in [0.2, 0.25) is 0 Å². The highest BCUT2D eigenvalue weighted by Gasteiger charge is 2.32. The van der Waals surface area contributed by atoms with Gasteiger partial charge in [0.05, 0.1) is 17.4 Å². The Morgan fingerprint density at radius 1 is 0.833 bits per heavy atom. The Labute approximate surface area is 245 Å². The SMILES string of the molecule is CS(=O)(=O)c1ccccc1-c1ccc(-c2ccc(CN(C(Cc3cccc(/C=N/N)c3)C(=O)O)S(C)(=O)=O)cc2)cc1. The zero-order valence-electron chi connectivity index (χ0n) is 23.1. The quantitative estimate of drug-likeness (QED) is 0.148. The van der Waals surface area contributed by atoms with E-state index in [4.69, 9.17) is 5.84 Å². The van der Waals surface area contributed by atoms with Crippen molar-refractivity contribution in [2.45, 2.75) is 23.9 Å². The van der Waals surface area contributed by atoms with E-state index in [0.29, 0.717) is 22.3 Å². The number of rotatable bonds is 11. The Hall–Kier alpha value is -4.32. The van der Waals surface area contributed by atoms with Crippen LogP contribution < -0.4 is 5.84 Å². The van der Waals surface area contributed by atoms with Gasteiger partial charge in [-0.2, -0.15) is 9.41 Å². The van der Waals surface area contributed by atoms with E-state index in [2.05, 4.69) is 5.10 Å². The lowest BCUT2D eigenvalue weighted by molar-refractivity contribution is -0.141. The van der Waals surface area contributed by atoms with Crippen molar-refractivity contribution in [3.8, 4) is 22.3 Å². The first-order chi connectivity index (χ1) is 19.9. The van der Waals surface area contributed by atoms with Gasteiger partial charge < -0.3 is 10.9 Å². The number of hydrazone groups is 1. The molecule has 0 saturated carbocycles. The molecule has 0 bridgehead atoms. The van der Waals surface area contributed by atoms with Crippen LogP contribution in [0.3, 0.4) is 0 Å². The van der Waals surface area contributed by atoms with E-state index in [1.165, 1.54) is 12.5 Å². The van der Waals surface area contributed by atoms with Crippen molar-refractivity contribution in [3.63, 3.8) is 0 Å². The van der Waals surface area contributed by atoms with Crippen LogP contribution in [0.25, 0.3) is 22.3 Å². The zero-order valence-corrected chi connectivity index (χ0v) is 24.7. The third-order valence-electron chi connectivity index (χ3n) is 6.77. The molecule has 4 aromatic rings. The molecule has 0 saturated heterocycles. The van der Waals surface area contributed by atoms with Gasteiger partial charge in [0.1, 0.15) is 6.04 Å². The molecule has 4 rings (SSSR count). The fourth-order valence-electron chi connectivity index (χ4n) is 4.73. The second-order valence-electron chi connectivity index (χ2n) is 9.93. The molecule has 3 N–H and O–H groups in total. The third kappa shape index (κ3) is 7.49. The summed E-state index contributed by atoms with van der Waals surface area (Å²) in [6.07, 6.45) is 3.57. The van der Waals surface area contributed by atoms with Crippen molar-refractivity contribution >= 4 is 32.0 Å². The summed E-state index contributed by atoms with van der Waals surface area (Å²) in [5.41, 5.74) is 5.06. The summed E-state index contributed by atoms with van der Waals surface area (Å²) < 4.78 is 50.9. The highest BCUT2D eigenvalue weighted by Crippen LogP contribution is 2.30. The number of nitrogens with zero attached hydrogens (tertiary/aromatic N) is 2. The average Bonchev–Trinajstić information content (AvgIpc) is 2.94. The minimum absolute atomic E-state index is 0.0401. The van der Waals surface area contributed by atoms with Gasteiger partial charge in [-0.05, 0) is 45.9 Å². The molecule has 0 aromatic heterocycles. The Morgan fingerprint density at radius 2 is 1.43 bits per heavy atom. The van der Waals surface area contributed by atoms with Crippen LogP contribution in [0.4, 0.5) is 0 Å². The van der Waals surface area contributed by atoms with Crippen molar-refractivity contribution < 1.29 is 26.7 Å². The minimum Gasteiger partial charge on any atom is -0.480 e. The molecule has 1 atom stereocenters. The van der Waals surface area contributed by atoms with Gasteiger partial charge in [-0.15, -0.1) is 0 Å². The predicted octanol–water partition coefficient (Wildman–Crippen LogP) is 4.17.